The van der Waals surface area contributed by atoms with Crippen molar-refractivity contribution in [3.63, 3.8) is 0 Å². The summed E-state index contributed by atoms with van der Waals surface area (Å²) in [5.74, 6) is -5.18. The Hall–Kier alpha value is -3.33. The summed E-state index contributed by atoms with van der Waals surface area (Å²) in [5, 5.41) is 7.76. The van der Waals surface area contributed by atoms with Crippen LogP contribution in [0.15, 0.2) is 54.7 Å². The second kappa shape index (κ2) is 8.79. The number of fused-ring (bicyclic) bond motifs is 1. The third-order valence-electron chi connectivity index (χ3n) is 6.46. The molecule has 3 unspecified atom stereocenters. The first-order valence-electron chi connectivity index (χ1n) is 11.5. The number of ether oxygens (including phenoxy) is 1. The molecule has 0 radical (unpaired) electrons. The lowest BCUT2D eigenvalue weighted by Gasteiger charge is -2.30. The summed E-state index contributed by atoms with van der Waals surface area (Å²) in [5.41, 5.74) is 2.27. The maximum atomic E-state index is 13.6. The number of rotatable bonds is 5. The smallest absolute Gasteiger partial charge is 0.321 e. The Labute approximate surface area is 195 Å². The Kier molecular flexibility index (Phi) is 5.81. The highest BCUT2D eigenvalue weighted by Gasteiger charge is 2.45. The van der Waals surface area contributed by atoms with Crippen LogP contribution in [0.5, 0.6) is 0 Å². The minimum atomic E-state index is -3.54. The van der Waals surface area contributed by atoms with Crippen LogP contribution < -0.4 is 10.2 Å². The Morgan fingerprint density at radius 2 is 1.97 bits per heavy atom. The number of hydrogen-bond acceptors (Lipinski definition) is 4. The number of halogens is 2. The molecule has 7 nitrogen and oxygen atoms in total. The number of nitrogens with zero attached hydrogens (tertiary/aromatic N) is 3. The Morgan fingerprint density at radius 1 is 1.18 bits per heavy atom. The van der Waals surface area contributed by atoms with Crippen molar-refractivity contribution in [2.45, 2.75) is 56.8 Å². The molecule has 2 amide bonds. The summed E-state index contributed by atoms with van der Waals surface area (Å²) in [6, 6.07) is 13.3. The van der Waals surface area contributed by atoms with Crippen molar-refractivity contribution >= 4 is 28.4 Å². The van der Waals surface area contributed by atoms with E-state index >= 15 is 0 Å². The van der Waals surface area contributed by atoms with Gasteiger partial charge in [-0.3, -0.25) is 9.59 Å². The van der Waals surface area contributed by atoms with Crippen molar-refractivity contribution < 1.29 is 23.1 Å². The van der Waals surface area contributed by atoms with Gasteiger partial charge in [-0.05, 0) is 43.0 Å². The van der Waals surface area contributed by atoms with Crippen LogP contribution in [-0.4, -0.2) is 40.2 Å². The zero-order chi connectivity index (χ0) is 23.9. The predicted molar refractivity (Wildman–Crippen MR) is 122 cm³/mol. The molecule has 5 rings (SSSR count). The normalized spacial score (nSPS) is 23.4. The SMILES string of the molecule is CC(F)(F)C(=O)NC1CC(=O)N(c2ccc3c(cnn3C3CCCCO3)c2)C1c1ccccc1. The fourth-order valence-electron chi connectivity index (χ4n) is 4.83. The number of nitrogens with one attached hydrogen (secondary N) is 1. The molecule has 34 heavy (non-hydrogen) atoms. The zero-order valence-electron chi connectivity index (χ0n) is 18.8. The van der Waals surface area contributed by atoms with Gasteiger partial charge in [0.15, 0.2) is 6.23 Å². The van der Waals surface area contributed by atoms with Crippen LogP contribution in [0, 0.1) is 0 Å². The van der Waals surface area contributed by atoms with Gasteiger partial charge in [0.2, 0.25) is 5.91 Å². The lowest BCUT2D eigenvalue weighted by atomic mass is 9.99. The van der Waals surface area contributed by atoms with E-state index in [1.807, 2.05) is 53.2 Å². The molecule has 178 valence electrons. The van der Waals surface area contributed by atoms with Gasteiger partial charge in [0.05, 0.1) is 23.8 Å². The number of anilines is 1. The van der Waals surface area contributed by atoms with Crippen LogP contribution in [0.1, 0.15) is 50.4 Å². The number of carbonyl (C=O) groups is 2. The monoisotopic (exact) mass is 468 g/mol. The maximum absolute atomic E-state index is 13.6. The molecule has 1 aromatic heterocycles. The lowest BCUT2D eigenvalue weighted by Crippen LogP contribution is -2.46. The van der Waals surface area contributed by atoms with E-state index in [-0.39, 0.29) is 18.6 Å². The van der Waals surface area contributed by atoms with Crippen molar-refractivity contribution in [1.29, 1.82) is 0 Å². The highest BCUT2D eigenvalue weighted by molar-refractivity contribution is 6.00. The van der Waals surface area contributed by atoms with Gasteiger partial charge in [0, 0.05) is 31.0 Å². The van der Waals surface area contributed by atoms with Gasteiger partial charge in [0.25, 0.3) is 5.91 Å². The minimum Gasteiger partial charge on any atom is -0.356 e. The highest BCUT2D eigenvalue weighted by Crippen LogP contribution is 2.39. The van der Waals surface area contributed by atoms with Gasteiger partial charge in [-0.15, -0.1) is 0 Å². The van der Waals surface area contributed by atoms with E-state index in [2.05, 4.69) is 10.4 Å². The zero-order valence-corrected chi connectivity index (χ0v) is 18.8. The summed E-state index contributed by atoms with van der Waals surface area (Å²) in [6.07, 6.45) is 4.57. The minimum absolute atomic E-state index is 0.0748. The maximum Gasteiger partial charge on any atom is 0.321 e. The summed E-state index contributed by atoms with van der Waals surface area (Å²) in [6.45, 7) is 1.26. The van der Waals surface area contributed by atoms with Crippen molar-refractivity contribution in [1.82, 2.24) is 15.1 Å². The Morgan fingerprint density at radius 3 is 2.68 bits per heavy atom. The molecular weight excluding hydrogens is 442 g/mol. The standard InChI is InChI=1S/C25H26F2N4O3/c1-25(26,27)24(33)29-19-14-21(32)30(23(19)16-7-3-2-4-8-16)18-10-11-20-17(13-18)15-28-31(20)22-9-5-6-12-34-22/h2-4,7-8,10-11,13,15,19,22-23H,5-6,9,12,14H2,1H3,(H,29,33). The van der Waals surface area contributed by atoms with Crippen LogP contribution in [0.2, 0.25) is 0 Å². The Balaban J connectivity index is 1.50. The third-order valence-corrected chi connectivity index (χ3v) is 6.46. The van der Waals surface area contributed by atoms with Crippen LogP contribution in [0.3, 0.4) is 0 Å². The molecule has 3 aromatic rings. The van der Waals surface area contributed by atoms with E-state index < -0.39 is 23.9 Å². The summed E-state index contributed by atoms with van der Waals surface area (Å²) < 4.78 is 35.0. The molecule has 9 heteroatoms. The van der Waals surface area contributed by atoms with Crippen LogP contribution >= 0.6 is 0 Å². The number of hydrogen-bond donors (Lipinski definition) is 1. The average molecular weight is 469 g/mol. The second-order valence-electron chi connectivity index (χ2n) is 8.95. The van der Waals surface area contributed by atoms with Gasteiger partial charge in [-0.25, -0.2) is 4.68 Å². The van der Waals surface area contributed by atoms with E-state index in [0.29, 0.717) is 19.2 Å². The second-order valence-corrected chi connectivity index (χ2v) is 8.95. The average Bonchev–Trinajstić information content (AvgIpc) is 3.39. The third kappa shape index (κ3) is 4.16. The van der Waals surface area contributed by atoms with Crippen LogP contribution in [-0.2, 0) is 14.3 Å². The van der Waals surface area contributed by atoms with E-state index in [4.69, 9.17) is 4.74 Å². The van der Waals surface area contributed by atoms with E-state index in [9.17, 15) is 18.4 Å². The largest absolute Gasteiger partial charge is 0.356 e. The lowest BCUT2D eigenvalue weighted by molar-refractivity contribution is -0.143. The topological polar surface area (TPSA) is 76.5 Å². The van der Waals surface area contributed by atoms with E-state index in [1.165, 1.54) is 0 Å². The molecule has 0 saturated carbocycles. The number of alkyl halides is 2. The van der Waals surface area contributed by atoms with Crippen molar-refractivity contribution in [2.75, 3.05) is 11.5 Å². The molecule has 2 aliphatic heterocycles. The predicted octanol–water partition coefficient (Wildman–Crippen LogP) is 4.35. The highest BCUT2D eigenvalue weighted by atomic mass is 19.3. The van der Waals surface area contributed by atoms with Crippen LogP contribution in [0.25, 0.3) is 10.9 Å². The summed E-state index contributed by atoms with van der Waals surface area (Å²) in [4.78, 5) is 26.8. The van der Waals surface area contributed by atoms with Gasteiger partial charge in [-0.2, -0.15) is 13.9 Å². The molecule has 3 atom stereocenters. The molecule has 0 spiro atoms. The summed E-state index contributed by atoms with van der Waals surface area (Å²) >= 11 is 0. The molecule has 0 aliphatic carbocycles. The molecule has 2 saturated heterocycles. The first-order valence-corrected chi connectivity index (χ1v) is 11.5. The van der Waals surface area contributed by atoms with Crippen LogP contribution in [0.4, 0.5) is 14.5 Å². The molecule has 2 aromatic carbocycles. The molecule has 2 fully saturated rings. The number of benzene rings is 2. The molecule has 0 bridgehead atoms. The first-order chi connectivity index (χ1) is 16.3. The first kappa shape index (κ1) is 22.5. The molecular formula is C25H26F2N4O3. The Bertz CT molecular complexity index is 1200. The fourth-order valence-corrected chi connectivity index (χ4v) is 4.83. The number of carbonyl (C=O) groups excluding carboxylic acids is 2. The van der Waals surface area contributed by atoms with Gasteiger partial charge in [-0.1, -0.05) is 30.3 Å². The molecule has 3 heterocycles. The number of amides is 2. The molecule has 2 aliphatic rings. The van der Waals surface area contributed by atoms with E-state index in [0.717, 1.165) is 35.7 Å². The summed E-state index contributed by atoms with van der Waals surface area (Å²) in [7, 11) is 0. The van der Waals surface area contributed by atoms with Gasteiger partial charge in [0.1, 0.15) is 0 Å². The van der Waals surface area contributed by atoms with Gasteiger partial charge < -0.3 is 15.0 Å². The van der Waals surface area contributed by atoms with Crippen molar-refractivity contribution in [3.05, 3.63) is 60.3 Å². The van der Waals surface area contributed by atoms with Gasteiger partial charge >= 0.3 is 5.92 Å². The van der Waals surface area contributed by atoms with E-state index in [1.54, 1.807) is 11.1 Å². The van der Waals surface area contributed by atoms with Crippen molar-refractivity contribution in [3.8, 4) is 0 Å². The van der Waals surface area contributed by atoms with Crippen molar-refractivity contribution in [2.24, 2.45) is 0 Å². The number of aromatic nitrogens is 2. The quantitative estimate of drug-likeness (QED) is 0.604. The molecule has 1 N–H and O–H groups in total. The fraction of sp³-hybridized carbons (Fsp3) is 0.400.